The Morgan fingerprint density at radius 1 is 1.14 bits per heavy atom. The van der Waals surface area contributed by atoms with Crippen LogP contribution in [0, 0.1) is 0 Å². The zero-order valence-corrected chi connectivity index (χ0v) is 12.1. The van der Waals surface area contributed by atoms with Crippen molar-refractivity contribution in [3.63, 3.8) is 0 Å². The lowest BCUT2D eigenvalue weighted by Crippen LogP contribution is -2.39. The number of pyridine rings is 1. The predicted molar refractivity (Wildman–Crippen MR) is 84.2 cm³/mol. The molecule has 21 heavy (non-hydrogen) atoms. The summed E-state index contributed by atoms with van der Waals surface area (Å²) >= 11 is 0. The molecular formula is C17H21N3O. The van der Waals surface area contributed by atoms with Gasteiger partial charge in [0, 0.05) is 32.4 Å². The van der Waals surface area contributed by atoms with Crippen molar-refractivity contribution in [1.29, 1.82) is 0 Å². The second kappa shape index (κ2) is 6.70. The highest BCUT2D eigenvalue weighted by Crippen LogP contribution is 2.18. The summed E-state index contributed by atoms with van der Waals surface area (Å²) in [6.07, 6.45) is 2.42. The van der Waals surface area contributed by atoms with E-state index in [9.17, 15) is 5.11 Å². The lowest BCUT2D eigenvalue weighted by molar-refractivity contribution is 0.114. The van der Waals surface area contributed by atoms with Gasteiger partial charge < -0.3 is 10.4 Å². The number of rotatable bonds is 5. The van der Waals surface area contributed by atoms with Gasteiger partial charge in [-0.25, -0.2) is 4.98 Å². The van der Waals surface area contributed by atoms with Gasteiger partial charge in [0.1, 0.15) is 5.82 Å². The van der Waals surface area contributed by atoms with E-state index in [-0.39, 0.29) is 0 Å². The standard InChI is InChI=1S/C17H21N3O/c21-16(11-19-17-7-3-4-9-18-17)13-20-10-8-14-5-1-2-6-15(14)12-20/h1-7,9,16,21H,8,10-13H2,(H,18,19). The number of nitrogens with one attached hydrogen (secondary N) is 1. The molecule has 1 aromatic heterocycles. The van der Waals surface area contributed by atoms with E-state index < -0.39 is 6.10 Å². The second-order valence-corrected chi connectivity index (χ2v) is 5.50. The lowest BCUT2D eigenvalue weighted by atomic mass is 10.00. The van der Waals surface area contributed by atoms with Gasteiger partial charge in [0.2, 0.25) is 0 Å². The normalized spacial score (nSPS) is 16.2. The Hall–Kier alpha value is -1.91. The van der Waals surface area contributed by atoms with E-state index in [0.717, 1.165) is 25.3 Å². The third-order valence-electron chi connectivity index (χ3n) is 3.86. The van der Waals surface area contributed by atoms with Crippen molar-refractivity contribution in [3.8, 4) is 0 Å². The summed E-state index contributed by atoms with van der Waals surface area (Å²) < 4.78 is 0. The molecule has 0 aliphatic carbocycles. The first kappa shape index (κ1) is 14.0. The first-order chi connectivity index (χ1) is 10.3. The topological polar surface area (TPSA) is 48.4 Å². The highest BCUT2D eigenvalue weighted by molar-refractivity contribution is 5.33. The number of hydrogen-bond donors (Lipinski definition) is 2. The SMILES string of the molecule is OC(CNc1ccccn1)CN1CCc2ccccc2C1. The molecule has 4 heteroatoms. The maximum absolute atomic E-state index is 10.2. The van der Waals surface area contributed by atoms with Crippen LogP contribution < -0.4 is 5.32 Å². The van der Waals surface area contributed by atoms with Crippen LogP contribution in [0.2, 0.25) is 0 Å². The minimum atomic E-state index is -0.391. The molecule has 0 saturated carbocycles. The number of nitrogens with zero attached hydrogens (tertiary/aromatic N) is 2. The Morgan fingerprint density at radius 3 is 2.76 bits per heavy atom. The van der Waals surface area contributed by atoms with Crippen molar-refractivity contribution in [2.45, 2.75) is 19.1 Å². The number of anilines is 1. The summed E-state index contributed by atoms with van der Waals surface area (Å²) in [5, 5.41) is 13.3. The van der Waals surface area contributed by atoms with Crippen LogP contribution in [0.15, 0.2) is 48.7 Å². The van der Waals surface area contributed by atoms with Gasteiger partial charge in [-0.2, -0.15) is 0 Å². The van der Waals surface area contributed by atoms with Gasteiger partial charge in [-0.1, -0.05) is 30.3 Å². The number of fused-ring (bicyclic) bond motifs is 1. The first-order valence-corrected chi connectivity index (χ1v) is 7.43. The lowest BCUT2D eigenvalue weighted by Gasteiger charge is -2.30. The zero-order chi connectivity index (χ0) is 14.5. The number of hydrogen-bond acceptors (Lipinski definition) is 4. The molecule has 0 radical (unpaired) electrons. The average Bonchev–Trinajstić information content (AvgIpc) is 2.54. The molecule has 0 spiro atoms. The van der Waals surface area contributed by atoms with Crippen molar-refractivity contribution >= 4 is 5.82 Å². The van der Waals surface area contributed by atoms with E-state index in [1.54, 1.807) is 6.20 Å². The molecule has 1 atom stereocenters. The predicted octanol–water partition coefficient (Wildman–Crippen LogP) is 1.91. The van der Waals surface area contributed by atoms with Gasteiger partial charge >= 0.3 is 0 Å². The molecule has 2 N–H and O–H groups in total. The summed E-state index contributed by atoms with van der Waals surface area (Å²) in [4.78, 5) is 6.50. The van der Waals surface area contributed by atoms with Crippen molar-refractivity contribution in [3.05, 3.63) is 59.8 Å². The number of aliphatic hydroxyl groups is 1. The minimum absolute atomic E-state index is 0.391. The van der Waals surface area contributed by atoms with Crippen LogP contribution in [0.3, 0.4) is 0 Å². The van der Waals surface area contributed by atoms with E-state index in [2.05, 4.69) is 39.5 Å². The maximum Gasteiger partial charge on any atom is 0.125 e. The minimum Gasteiger partial charge on any atom is -0.390 e. The van der Waals surface area contributed by atoms with E-state index in [1.165, 1.54) is 11.1 Å². The van der Waals surface area contributed by atoms with Crippen molar-refractivity contribution in [2.75, 3.05) is 25.0 Å². The monoisotopic (exact) mass is 283 g/mol. The summed E-state index contributed by atoms with van der Waals surface area (Å²) in [5.41, 5.74) is 2.82. The summed E-state index contributed by atoms with van der Waals surface area (Å²) in [6, 6.07) is 14.3. The molecular weight excluding hydrogens is 262 g/mol. The smallest absolute Gasteiger partial charge is 0.125 e. The van der Waals surface area contributed by atoms with Gasteiger partial charge in [0.25, 0.3) is 0 Å². The van der Waals surface area contributed by atoms with Crippen LogP contribution in [0.1, 0.15) is 11.1 Å². The van der Waals surface area contributed by atoms with Crippen LogP contribution in [0.5, 0.6) is 0 Å². The molecule has 3 rings (SSSR count). The zero-order valence-electron chi connectivity index (χ0n) is 12.1. The summed E-state index contributed by atoms with van der Waals surface area (Å²) in [7, 11) is 0. The fourth-order valence-corrected chi connectivity index (χ4v) is 2.76. The molecule has 0 bridgehead atoms. The molecule has 0 saturated heterocycles. The van der Waals surface area contributed by atoms with E-state index >= 15 is 0 Å². The number of β-amino-alcohol motifs (C(OH)–C–C–N with tert-alkyl or cyclic N) is 1. The fourth-order valence-electron chi connectivity index (χ4n) is 2.76. The first-order valence-electron chi connectivity index (χ1n) is 7.43. The largest absolute Gasteiger partial charge is 0.390 e. The van der Waals surface area contributed by atoms with E-state index in [4.69, 9.17) is 0 Å². The van der Waals surface area contributed by atoms with Crippen LogP contribution in [0.4, 0.5) is 5.82 Å². The van der Waals surface area contributed by atoms with Crippen molar-refractivity contribution in [1.82, 2.24) is 9.88 Å². The molecule has 1 unspecified atom stereocenters. The number of benzene rings is 1. The Balaban J connectivity index is 1.49. The quantitative estimate of drug-likeness (QED) is 0.880. The second-order valence-electron chi connectivity index (χ2n) is 5.50. The molecule has 1 aliphatic rings. The number of aliphatic hydroxyl groups excluding tert-OH is 1. The Kier molecular flexibility index (Phi) is 4.48. The van der Waals surface area contributed by atoms with Crippen LogP contribution in [-0.4, -0.2) is 40.7 Å². The summed E-state index contributed by atoms with van der Waals surface area (Å²) in [5.74, 6) is 0.806. The molecule has 1 aromatic carbocycles. The third kappa shape index (κ3) is 3.80. The molecule has 110 valence electrons. The Labute approximate surface area is 125 Å². The van der Waals surface area contributed by atoms with Crippen LogP contribution >= 0.6 is 0 Å². The summed E-state index contributed by atoms with van der Waals surface area (Å²) in [6.45, 7) is 3.15. The molecule has 2 aromatic rings. The Bertz CT molecular complexity index is 573. The van der Waals surface area contributed by atoms with Gasteiger partial charge in [-0.15, -0.1) is 0 Å². The molecule has 4 nitrogen and oxygen atoms in total. The van der Waals surface area contributed by atoms with Crippen LogP contribution in [0.25, 0.3) is 0 Å². The van der Waals surface area contributed by atoms with Gasteiger partial charge in [-0.05, 0) is 29.7 Å². The van der Waals surface area contributed by atoms with Crippen LogP contribution in [-0.2, 0) is 13.0 Å². The highest BCUT2D eigenvalue weighted by atomic mass is 16.3. The van der Waals surface area contributed by atoms with Crippen molar-refractivity contribution < 1.29 is 5.11 Å². The molecule has 1 aliphatic heterocycles. The van der Waals surface area contributed by atoms with Gasteiger partial charge in [-0.3, -0.25) is 4.90 Å². The molecule has 0 amide bonds. The van der Waals surface area contributed by atoms with Gasteiger partial charge in [0.15, 0.2) is 0 Å². The highest BCUT2D eigenvalue weighted by Gasteiger charge is 2.18. The van der Waals surface area contributed by atoms with Gasteiger partial charge in [0.05, 0.1) is 6.10 Å². The maximum atomic E-state index is 10.2. The third-order valence-corrected chi connectivity index (χ3v) is 3.86. The molecule has 0 fully saturated rings. The van der Waals surface area contributed by atoms with Crippen molar-refractivity contribution in [2.24, 2.45) is 0 Å². The van der Waals surface area contributed by atoms with E-state index in [0.29, 0.717) is 13.1 Å². The fraction of sp³-hybridized carbons (Fsp3) is 0.353. The average molecular weight is 283 g/mol. The number of aromatic nitrogens is 1. The van der Waals surface area contributed by atoms with E-state index in [1.807, 2.05) is 18.2 Å². The molecule has 2 heterocycles. The Morgan fingerprint density at radius 2 is 1.95 bits per heavy atom.